The van der Waals surface area contributed by atoms with Crippen LogP contribution in [-0.4, -0.2) is 27.7 Å². The first-order valence-electron chi connectivity index (χ1n) is 9.00. The molecule has 3 aromatic rings. The maximum absolute atomic E-state index is 12.8. The highest BCUT2D eigenvalue weighted by atomic mass is 16.2. The number of nitrogens with one attached hydrogen (secondary N) is 2. The number of aromatic nitrogens is 2. The van der Waals surface area contributed by atoms with Crippen molar-refractivity contribution < 1.29 is 9.59 Å². The summed E-state index contributed by atoms with van der Waals surface area (Å²) in [6, 6.07) is 11.2. The van der Waals surface area contributed by atoms with Crippen molar-refractivity contribution in [2.75, 3.05) is 11.9 Å². The molecular weight excluding hydrogens is 340 g/mol. The zero-order valence-corrected chi connectivity index (χ0v) is 16.0. The van der Waals surface area contributed by atoms with Gasteiger partial charge in [-0.1, -0.05) is 37.6 Å². The molecule has 140 valence electrons. The number of nitrogens with zero attached hydrogens (tertiary/aromatic N) is 2. The van der Waals surface area contributed by atoms with Crippen molar-refractivity contribution in [1.29, 1.82) is 0 Å². The molecule has 0 atom stereocenters. The molecule has 0 unspecified atom stereocenters. The van der Waals surface area contributed by atoms with E-state index in [9.17, 15) is 9.59 Å². The van der Waals surface area contributed by atoms with Crippen molar-refractivity contribution in [3.05, 3.63) is 65.2 Å². The number of carbonyl (C=O) groups excluding carboxylic acids is 2. The number of hydrogen-bond donors (Lipinski definition) is 2. The molecule has 2 heterocycles. The van der Waals surface area contributed by atoms with Crippen LogP contribution in [-0.2, 0) is 0 Å². The van der Waals surface area contributed by atoms with Crippen molar-refractivity contribution in [3.63, 3.8) is 0 Å². The van der Waals surface area contributed by atoms with Gasteiger partial charge < -0.3 is 10.6 Å². The normalized spacial score (nSPS) is 11.0. The standard InChI is InChI=1S/C21H24N4O2/c1-13(2)12-22-20(26)18-17-7-5-6-10-25(17)19(24-18)21(27)23-16-9-8-14(3)11-15(16)4/h5-11,13H,12H2,1-4H3,(H,22,26)(H,23,27). The number of aryl methyl sites for hydroxylation is 2. The summed E-state index contributed by atoms with van der Waals surface area (Å²) in [6.45, 7) is 8.54. The van der Waals surface area contributed by atoms with Crippen LogP contribution in [0.3, 0.4) is 0 Å². The van der Waals surface area contributed by atoms with Crippen molar-refractivity contribution >= 4 is 23.0 Å². The van der Waals surface area contributed by atoms with Gasteiger partial charge in [0.15, 0.2) is 5.69 Å². The average molecular weight is 364 g/mol. The zero-order chi connectivity index (χ0) is 19.6. The highest BCUT2D eigenvalue weighted by Crippen LogP contribution is 2.19. The number of benzene rings is 1. The molecule has 0 aliphatic rings. The Morgan fingerprint density at radius 3 is 2.59 bits per heavy atom. The fourth-order valence-corrected chi connectivity index (χ4v) is 2.88. The van der Waals surface area contributed by atoms with Gasteiger partial charge in [0, 0.05) is 18.4 Å². The van der Waals surface area contributed by atoms with Gasteiger partial charge in [0.05, 0.1) is 5.52 Å². The first-order chi connectivity index (χ1) is 12.9. The molecule has 2 aromatic heterocycles. The number of imidazole rings is 1. The van der Waals surface area contributed by atoms with E-state index in [-0.39, 0.29) is 23.3 Å². The Kier molecular flexibility index (Phi) is 5.26. The van der Waals surface area contributed by atoms with Gasteiger partial charge in [-0.15, -0.1) is 0 Å². The van der Waals surface area contributed by atoms with Gasteiger partial charge in [-0.05, 0) is 43.5 Å². The van der Waals surface area contributed by atoms with Crippen LogP contribution in [0, 0.1) is 19.8 Å². The highest BCUT2D eigenvalue weighted by molar-refractivity contribution is 6.06. The van der Waals surface area contributed by atoms with Crippen molar-refractivity contribution in [2.45, 2.75) is 27.7 Å². The molecule has 1 aromatic carbocycles. The molecule has 0 radical (unpaired) electrons. The number of rotatable bonds is 5. The summed E-state index contributed by atoms with van der Waals surface area (Å²) in [6.07, 6.45) is 1.73. The number of amides is 2. The summed E-state index contributed by atoms with van der Waals surface area (Å²) in [4.78, 5) is 29.7. The maximum Gasteiger partial charge on any atom is 0.292 e. The number of anilines is 1. The molecule has 0 bridgehead atoms. The van der Waals surface area contributed by atoms with Crippen molar-refractivity contribution in [1.82, 2.24) is 14.7 Å². The second kappa shape index (κ2) is 7.61. The molecule has 2 N–H and O–H groups in total. The van der Waals surface area contributed by atoms with Crippen LogP contribution in [0.2, 0.25) is 0 Å². The second-order valence-electron chi connectivity index (χ2n) is 7.12. The van der Waals surface area contributed by atoms with E-state index in [1.54, 1.807) is 22.7 Å². The van der Waals surface area contributed by atoms with E-state index >= 15 is 0 Å². The van der Waals surface area contributed by atoms with Crippen LogP contribution >= 0.6 is 0 Å². The third-order valence-corrected chi connectivity index (χ3v) is 4.27. The number of fused-ring (bicyclic) bond motifs is 1. The minimum atomic E-state index is -0.355. The van der Waals surface area contributed by atoms with E-state index in [2.05, 4.69) is 15.6 Å². The summed E-state index contributed by atoms with van der Waals surface area (Å²) < 4.78 is 1.64. The molecule has 0 saturated heterocycles. The first kappa shape index (κ1) is 18.6. The van der Waals surface area contributed by atoms with E-state index in [1.807, 2.05) is 52.0 Å². The summed E-state index contributed by atoms with van der Waals surface area (Å²) in [7, 11) is 0. The van der Waals surface area contributed by atoms with E-state index in [1.165, 1.54) is 0 Å². The van der Waals surface area contributed by atoms with Gasteiger partial charge in [0.1, 0.15) is 0 Å². The van der Waals surface area contributed by atoms with E-state index in [0.29, 0.717) is 18.0 Å². The van der Waals surface area contributed by atoms with Crippen molar-refractivity contribution in [3.8, 4) is 0 Å². The Balaban J connectivity index is 1.94. The molecule has 0 aliphatic heterocycles. The monoisotopic (exact) mass is 364 g/mol. The lowest BCUT2D eigenvalue weighted by Crippen LogP contribution is -2.27. The SMILES string of the molecule is Cc1ccc(NC(=O)c2nc(C(=O)NCC(C)C)c3ccccn23)c(C)c1. The van der Waals surface area contributed by atoms with Crippen LogP contribution < -0.4 is 10.6 Å². The molecule has 0 fully saturated rings. The topological polar surface area (TPSA) is 75.5 Å². The average Bonchev–Trinajstić information content (AvgIpc) is 3.02. The number of hydrogen-bond acceptors (Lipinski definition) is 3. The van der Waals surface area contributed by atoms with Gasteiger partial charge in [0.2, 0.25) is 5.82 Å². The first-order valence-corrected chi connectivity index (χ1v) is 9.00. The van der Waals surface area contributed by atoms with Gasteiger partial charge in [-0.25, -0.2) is 4.98 Å². The minimum Gasteiger partial charge on any atom is -0.350 e. The van der Waals surface area contributed by atoms with Gasteiger partial charge in [-0.2, -0.15) is 0 Å². The Morgan fingerprint density at radius 1 is 1.11 bits per heavy atom. The van der Waals surface area contributed by atoms with Crippen LogP contribution in [0.4, 0.5) is 5.69 Å². The number of carbonyl (C=O) groups is 2. The predicted molar refractivity (Wildman–Crippen MR) is 106 cm³/mol. The highest BCUT2D eigenvalue weighted by Gasteiger charge is 2.21. The summed E-state index contributed by atoms with van der Waals surface area (Å²) in [5.41, 5.74) is 3.68. The van der Waals surface area contributed by atoms with E-state index < -0.39 is 0 Å². The van der Waals surface area contributed by atoms with E-state index in [4.69, 9.17) is 0 Å². The van der Waals surface area contributed by atoms with Gasteiger partial charge in [-0.3, -0.25) is 14.0 Å². The molecule has 27 heavy (non-hydrogen) atoms. The third-order valence-electron chi connectivity index (χ3n) is 4.27. The Hall–Kier alpha value is -3.15. The van der Waals surface area contributed by atoms with Gasteiger partial charge >= 0.3 is 0 Å². The fourth-order valence-electron chi connectivity index (χ4n) is 2.88. The van der Waals surface area contributed by atoms with Crippen LogP contribution in [0.1, 0.15) is 46.1 Å². The number of pyridine rings is 1. The lowest BCUT2D eigenvalue weighted by Gasteiger charge is -2.08. The predicted octanol–water partition coefficient (Wildman–Crippen LogP) is 3.59. The quantitative estimate of drug-likeness (QED) is 0.726. The second-order valence-corrected chi connectivity index (χ2v) is 7.12. The van der Waals surface area contributed by atoms with Crippen molar-refractivity contribution in [2.24, 2.45) is 5.92 Å². The third kappa shape index (κ3) is 4.00. The zero-order valence-electron chi connectivity index (χ0n) is 16.0. The van der Waals surface area contributed by atoms with Gasteiger partial charge in [0.25, 0.3) is 11.8 Å². The molecule has 3 rings (SSSR count). The lowest BCUT2D eigenvalue weighted by molar-refractivity contribution is 0.0946. The van der Waals surface area contributed by atoms with Crippen LogP contribution in [0.15, 0.2) is 42.6 Å². The fraction of sp³-hybridized carbons (Fsp3) is 0.286. The van der Waals surface area contributed by atoms with Crippen LogP contribution in [0.5, 0.6) is 0 Å². The molecule has 0 spiro atoms. The minimum absolute atomic E-state index is 0.181. The Morgan fingerprint density at radius 2 is 1.89 bits per heavy atom. The molecule has 2 amide bonds. The molecular formula is C21H24N4O2. The van der Waals surface area contributed by atoms with Crippen LogP contribution in [0.25, 0.3) is 5.52 Å². The largest absolute Gasteiger partial charge is 0.350 e. The Labute approximate surface area is 158 Å². The smallest absolute Gasteiger partial charge is 0.292 e. The molecule has 0 aliphatic carbocycles. The summed E-state index contributed by atoms with van der Waals surface area (Å²) in [5, 5.41) is 5.76. The molecule has 6 heteroatoms. The molecule has 0 saturated carbocycles. The molecule has 6 nitrogen and oxygen atoms in total. The summed E-state index contributed by atoms with van der Waals surface area (Å²) >= 11 is 0. The van der Waals surface area contributed by atoms with E-state index in [0.717, 1.165) is 16.8 Å². The maximum atomic E-state index is 12.8. The Bertz CT molecular complexity index is 1000. The summed E-state index contributed by atoms with van der Waals surface area (Å²) in [5.74, 6) is -0.126. The lowest BCUT2D eigenvalue weighted by atomic mass is 10.1.